The van der Waals surface area contributed by atoms with E-state index in [1.165, 1.54) is 12.1 Å². The van der Waals surface area contributed by atoms with E-state index in [-0.39, 0.29) is 24.2 Å². The predicted octanol–water partition coefficient (Wildman–Crippen LogP) is -0.644. The van der Waals surface area contributed by atoms with Crippen molar-refractivity contribution in [3.8, 4) is 0 Å². The van der Waals surface area contributed by atoms with Crippen LogP contribution in [0.15, 0.2) is 24.3 Å². The molecule has 0 amide bonds. The molecule has 0 atom stereocenters. The monoisotopic (exact) mass is 300 g/mol. The molecule has 2 rings (SSSR count). The quantitative estimate of drug-likeness (QED) is 0.695. The SMILES string of the molecule is CCOC(=O)C1(c2ccc(F)cc2)CCN(C)CC1.[Cl-]. The van der Waals surface area contributed by atoms with E-state index in [0.29, 0.717) is 19.4 Å². The van der Waals surface area contributed by atoms with Crippen LogP contribution in [0.1, 0.15) is 25.3 Å². The smallest absolute Gasteiger partial charge is 0.316 e. The maximum Gasteiger partial charge on any atom is 0.316 e. The maximum atomic E-state index is 13.1. The van der Waals surface area contributed by atoms with Crippen LogP contribution < -0.4 is 12.4 Å². The number of hydrogen-bond donors (Lipinski definition) is 0. The van der Waals surface area contributed by atoms with Gasteiger partial charge in [-0.3, -0.25) is 4.79 Å². The highest BCUT2D eigenvalue weighted by atomic mass is 35.5. The van der Waals surface area contributed by atoms with E-state index in [1.807, 2.05) is 14.0 Å². The Labute approximate surface area is 125 Å². The van der Waals surface area contributed by atoms with Gasteiger partial charge in [-0.05, 0) is 57.6 Å². The number of carbonyl (C=O) groups is 1. The molecule has 0 spiro atoms. The van der Waals surface area contributed by atoms with Crippen LogP contribution in [0.3, 0.4) is 0 Å². The number of likely N-dealkylation sites (tertiary alicyclic amines) is 1. The molecule has 1 fully saturated rings. The Morgan fingerprint density at radius 3 is 2.35 bits per heavy atom. The van der Waals surface area contributed by atoms with Crippen LogP contribution in [-0.2, 0) is 14.9 Å². The third kappa shape index (κ3) is 3.30. The van der Waals surface area contributed by atoms with E-state index in [4.69, 9.17) is 4.74 Å². The van der Waals surface area contributed by atoms with Crippen molar-refractivity contribution in [1.29, 1.82) is 0 Å². The summed E-state index contributed by atoms with van der Waals surface area (Å²) >= 11 is 0. The van der Waals surface area contributed by atoms with Crippen LogP contribution in [0.5, 0.6) is 0 Å². The Kier molecular flexibility index (Phi) is 5.96. The van der Waals surface area contributed by atoms with Crippen molar-refractivity contribution in [3.05, 3.63) is 35.6 Å². The van der Waals surface area contributed by atoms with E-state index >= 15 is 0 Å². The van der Waals surface area contributed by atoms with Crippen LogP contribution in [0.4, 0.5) is 4.39 Å². The molecule has 0 aliphatic carbocycles. The Morgan fingerprint density at radius 1 is 1.30 bits per heavy atom. The maximum absolute atomic E-state index is 13.1. The van der Waals surface area contributed by atoms with Crippen molar-refractivity contribution in [3.63, 3.8) is 0 Å². The Morgan fingerprint density at radius 2 is 1.85 bits per heavy atom. The van der Waals surface area contributed by atoms with E-state index in [0.717, 1.165) is 18.7 Å². The molecule has 3 nitrogen and oxygen atoms in total. The molecule has 1 aliphatic heterocycles. The highest BCUT2D eigenvalue weighted by molar-refractivity contribution is 5.83. The number of hydrogen-bond acceptors (Lipinski definition) is 3. The fraction of sp³-hybridized carbons (Fsp3) is 0.533. The zero-order valence-corrected chi connectivity index (χ0v) is 12.6. The number of esters is 1. The van der Waals surface area contributed by atoms with Gasteiger partial charge in [0.15, 0.2) is 0 Å². The fourth-order valence-electron chi connectivity index (χ4n) is 2.65. The molecule has 0 aromatic heterocycles. The Bertz CT molecular complexity index is 442. The van der Waals surface area contributed by atoms with Crippen molar-refractivity contribution in [1.82, 2.24) is 4.90 Å². The second-order valence-corrected chi connectivity index (χ2v) is 5.11. The van der Waals surface area contributed by atoms with Gasteiger partial charge in [-0.1, -0.05) is 12.1 Å². The van der Waals surface area contributed by atoms with E-state index < -0.39 is 5.41 Å². The zero-order valence-electron chi connectivity index (χ0n) is 11.9. The highest BCUT2D eigenvalue weighted by Crippen LogP contribution is 2.36. The van der Waals surface area contributed by atoms with Gasteiger partial charge in [0.25, 0.3) is 0 Å². The lowest BCUT2D eigenvalue weighted by atomic mass is 9.73. The summed E-state index contributed by atoms with van der Waals surface area (Å²) in [7, 11) is 2.04. The van der Waals surface area contributed by atoms with Crippen molar-refractivity contribution in [2.24, 2.45) is 0 Å². The lowest BCUT2D eigenvalue weighted by Gasteiger charge is -2.38. The lowest BCUT2D eigenvalue weighted by molar-refractivity contribution is -0.152. The molecule has 0 bridgehead atoms. The Hall–Kier alpha value is -1.13. The molecule has 112 valence electrons. The Balaban J connectivity index is 0.00000200. The first-order chi connectivity index (χ1) is 9.08. The molecule has 1 aliphatic rings. The number of benzene rings is 1. The number of ether oxygens (including phenoxy) is 1. The molecular formula is C15H20ClFNO2-. The van der Waals surface area contributed by atoms with Crippen molar-refractivity contribution < 1.29 is 26.3 Å². The molecule has 5 heteroatoms. The molecule has 1 saturated heterocycles. The minimum absolute atomic E-state index is 0. The first-order valence-corrected chi connectivity index (χ1v) is 6.70. The molecule has 0 unspecified atom stereocenters. The highest BCUT2D eigenvalue weighted by Gasteiger charge is 2.43. The van der Waals surface area contributed by atoms with Gasteiger partial charge in [-0.15, -0.1) is 0 Å². The number of piperidine rings is 1. The first-order valence-electron chi connectivity index (χ1n) is 6.70. The summed E-state index contributed by atoms with van der Waals surface area (Å²) in [6.45, 7) is 3.87. The predicted molar refractivity (Wildman–Crippen MR) is 71.4 cm³/mol. The largest absolute Gasteiger partial charge is 1.00 e. The summed E-state index contributed by atoms with van der Waals surface area (Å²) in [6.07, 6.45) is 1.43. The second kappa shape index (κ2) is 7.04. The molecule has 0 radical (unpaired) electrons. The zero-order chi connectivity index (χ0) is 13.9. The van der Waals surface area contributed by atoms with Crippen molar-refractivity contribution >= 4 is 5.97 Å². The number of nitrogens with zero attached hydrogens (tertiary/aromatic N) is 1. The van der Waals surface area contributed by atoms with Crippen molar-refractivity contribution in [2.45, 2.75) is 25.2 Å². The van der Waals surface area contributed by atoms with Gasteiger partial charge in [-0.2, -0.15) is 0 Å². The van der Waals surface area contributed by atoms with Gasteiger partial charge in [0.05, 0.1) is 12.0 Å². The van der Waals surface area contributed by atoms with Gasteiger partial charge in [0.1, 0.15) is 5.82 Å². The summed E-state index contributed by atoms with van der Waals surface area (Å²) in [4.78, 5) is 14.6. The summed E-state index contributed by atoms with van der Waals surface area (Å²) in [5, 5.41) is 0. The van der Waals surface area contributed by atoms with Crippen LogP contribution >= 0.6 is 0 Å². The summed E-state index contributed by atoms with van der Waals surface area (Å²) in [6, 6.07) is 6.23. The standard InChI is InChI=1S/C15H20FNO2.ClH/c1-3-19-14(18)15(8-10-17(2)11-9-15)12-4-6-13(16)7-5-12;/h4-7H,3,8-11H2,1-2H3;1H/p-1. The summed E-state index contributed by atoms with van der Waals surface area (Å²) in [5.74, 6) is -0.467. The molecule has 0 saturated carbocycles. The van der Waals surface area contributed by atoms with Crippen LogP contribution in [-0.4, -0.2) is 37.6 Å². The summed E-state index contributed by atoms with van der Waals surface area (Å²) in [5.41, 5.74) is 0.247. The van der Waals surface area contributed by atoms with Gasteiger partial charge >= 0.3 is 5.97 Å². The topological polar surface area (TPSA) is 29.5 Å². The van der Waals surface area contributed by atoms with E-state index in [2.05, 4.69) is 4.90 Å². The molecule has 0 N–H and O–H groups in total. The van der Waals surface area contributed by atoms with Gasteiger partial charge in [0.2, 0.25) is 0 Å². The normalized spacial score (nSPS) is 18.1. The minimum atomic E-state index is -0.615. The fourth-order valence-corrected chi connectivity index (χ4v) is 2.65. The second-order valence-electron chi connectivity index (χ2n) is 5.11. The first kappa shape index (κ1) is 16.9. The number of carbonyl (C=O) groups excluding carboxylic acids is 1. The number of halogens is 2. The summed E-state index contributed by atoms with van der Waals surface area (Å²) < 4.78 is 18.3. The van der Waals surface area contributed by atoms with Crippen molar-refractivity contribution in [2.75, 3.05) is 26.7 Å². The van der Waals surface area contributed by atoms with Gasteiger partial charge in [0, 0.05) is 0 Å². The van der Waals surface area contributed by atoms with Crippen LogP contribution in [0.2, 0.25) is 0 Å². The molecular weight excluding hydrogens is 281 g/mol. The van der Waals surface area contributed by atoms with E-state index in [9.17, 15) is 9.18 Å². The molecule has 20 heavy (non-hydrogen) atoms. The van der Waals surface area contributed by atoms with Gasteiger partial charge < -0.3 is 22.0 Å². The molecule has 1 aromatic carbocycles. The third-order valence-corrected chi connectivity index (χ3v) is 3.90. The average molecular weight is 301 g/mol. The van der Waals surface area contributed by atoms with Crippen LogP contribution in [0, 0.1) is 5.82 Å². The minimum Gasteiger partial charge on any atom is -1.00 e. The van der Waals surface area contributed by atoms with Gasteiger partial charge in [-0.25, -0.2) is 4.39 Å². The lowest BCUT2D eigenvalue weighted by Crippen LogP contribution is -3.00. The molecule has 1 heterocycles. The average Bonchev–Trinajstić information content (AvgIpc) is 2.41. The third-order valence-electron chi connectivity index (χ3n) is 3.90. The van der Waals surface area contributed by atoms with Crippen LogP contribution in [0.25, 0.3) is 0 Å². The molecule has 1 aromatic rings. The number of rotatable bonds is 3. The van der Waals surface area contributed by atoms with E-state index in [1.54, 1.807) is 12.1 Å².